The predicted molar refractivity (Wildman–Crippen MR) is 89.4 cm³/mol. The van der Waals surface area contributed by atoms with Crippen molar-refractivity contribution in [3.63, 3.8) is 0 Å². The van der Waals surface area contributed by atoms with Gasteiger partial charge in [0.2, 0.25) is 0 Å². The second kappa shape index (κ2) is 5.34. The molecule has 3 aromatic rings. The molecule has 2 aromatic heterocycles. The van der Waals surface area contributed by atoms with Gasteiger partial charge >= 0.3 is 0 Å². The van der Waals surface area contributed by atoms with E-state index in [-0.39, 0.29) is 5.91 Å². The second-order valence-corrected chi connectivity index (χ2v) is 6.59. The summed E-state index contributed by atoms with van der Waals surface area (Å²) in [6.45, 7) is 0. The number of nitrogens with one attached hydrogen (secondary N) is 1. The van der Waals surface area contributed by atoms with Crippen molar-refractivity contribution in [1.82, 2.24) is 14.8 Å². The van der Waals surface area contributed by atoms with Gasteiger partial charge in [0.1, 0.15) is 5.75 Å². The van der Waals surface area contributed by atoms with Crippen molar-refractivity contribution in [2.24, 2.45) is 7.05 Å². The van der Waals surface area contributed by atoms with E-state index in [1.165, 1.54) is 17.0 Å². The van der Waals surface area contributed by atoms with E-state index in [0.29, 0.717) is 10.8 Å². The monoisotopic (exact) mass is 328 g/mol. The zero-order valence-corrected chi connectivity index (χ0v) is 13.7. The van der Waals surface area contributed by atoms with Crippen LogP contribution in [0, 0.1) is 0 Å². The molecule has 7 heteroatoms. The smallest absolute Gasteiger partial charge is 0.278 e. The number of hydrogen-bond donors (Lipinski definition) is 1. The first-order chi connectivity index (χ1) is 11.2. The van der Waals surface area contributed by atoms with Crippen LogP contribution in [0.5, 0.6) is 5.75 Å². The minimum absolute atomic E-state index is 0.185. The minimum atomic E-state index is -0.185. The molecule has 0 unspecified atom stereocenters. The van der Waals surface area contributed by atoms with Crippen LogP contribution in [0.25, 0.3) is 10.2 Å². The summed E-state index contributed by atoms with van der Waals surface area (Å²) >= 11 is 1.43. The lowest BCUT2D eigenvalue weighted by atomic mass is 10.2. The summed E-state index contributed by atoms with van der Waals surface area (Å²) in [6, 6.07) is 5.67. The number of carbonyl (C=O) groups is 1. The number of aromatic nitrogens is 3. The Morgan fingerprint density at radius 2 is 2.26 bits per heavy atom. The van der Waals surface area contributed by atoms with Gasteiger partial charge < -0.3 is 4.74 Å². The molecule has 1 aromatic carbocycles. The van der Waals surface area contributed by atoms with Crippen LogP contribution in [0.4, 0.5) is 5.13 Å². The first-order valence-corrected chi connectivity index (χ1v) is 8.28. The van der Waals surface area contributed by atoms with Crippen LogP contribution in [0.3, 0.4) is 0 Å². The third-order valence-electron chi connectivity index (χ3n) is 4.15. The Labute approximate surface area is 137 Å². The fraction of sp³-hybridized carbons (Fsp3) is 0.312. The van der Waals surface area contributed by atoms with Crippen molar-refractivity contribution in [2.75, 3.05) is 12.4 Å². The highest BCUT2D eigenvalue weighted by Crippen LogP contribution is 2.30. The number of ether oxygens (including phenoxy) is 1. The van der Waals surface area contributed by atoms with Crippen molar-refractivity contribution in [3.05, 3.63) is 35.2 Å². The van der Waals surface area contributed by atoms with Crippen molar-refractivity contribution in [2.45, 2.75) is 19.3 Å². The molecule has 0 saturated heterocycles. The highest BCUT2D eigenvalue weighted by atomic mass is 32.1. The van der Waals surface area contributed by atoms with Gasteiger partial charge in [0.15, 0.2) is 10.8 Å². The van der Waals surface area contributed by atoms with Crippen LogP contribution in [0.2, 0.25) is 0 Å². The van der Waals surface area contributed by atoms with Gasteiger partial charge in [-0.25, -0.2) is 4.98 Å². The van der Waals surface area contributed by atoms with Gasteiger partial charge in [-0.2, -0.15) is 5.10 Å². The Morgan fingerprint density at radius 3 is 3.09 bits per heavy atom. The SMILES string of the molecule is COc1ccc2nc(NC(=O)c3nn(C)c4c3CCC4)sc2c1. The molecule has 0 aliphatic heterocycles. The van der Waals surface area contributed by atoms with Crippen LogP contribution in [-0.2, 0) is 19.9 Å². The van der Waals surface area contributed by atoms with Gasteiger partial charge in [-0.1, -0.05) is 11.3 Å². The van der Waals surface area contributed by atoms with Crippen molar-refractivity contribution >= 4 is 32.6 Å². The zero-order chi connectivity index (χ0) is 16.0. The van der Waals surface area contributed by atoms with E-state index in [4.69, 9.17) is 4.74 Å². The maximum Gasteiger partial charge on any atom is 0.278 e. The molecule has 0 atom stereocenters. The van der Waals surface area contributed by atoms with Gasteiger partial charge in [0, 0.05) is 18.3 Å². The average molecular weight is 328 g/mol. The maximum atomic E-state index is 12.5. The molecule has 0 saturated carbocycles. The zero-order valence-electron chi connectivity index (χ0n) is 12.9. The van der Waals surface area contributed by atoms with Gasteiger partial charge in [-0.3, -0.25) is 14.8 Å². The molecule has 0 fully saturated rings. The van der Waals surface area contributed by atoms with Crippen molar-refractivity contribution < 1.29 is 9.53 Å². The molecule has 1 aliphatic carbocycles. The summed E-state index contributed by atoms with van der Waals surface area (Å²) in [5.74, 6) is 0.594. The minimum Gasteiger partial charge on any atom is -0.497 e. The lowest BCUT2D eigenvalue weighted by Gasteiger charge is -1.99. The molecule has 1 amide bonds. The number of thiazole rings is 1. The summed E-state index contributed by atoms with van der Waals surface area (Å²) in [5, 5.41) is 7.83. The summed E-state index contributed by atoms with van der Waals surface area (Å²) < 4.78 is 8.01. The molecule has 1 N–H and O–H groups in total. The molecule has 0 spiro atoms. The van der Waals surface area contributed by atoms with E-state index < -0.39 is 0 Å². The summed E-state index contributed by atoms with van der Waals surface area (Å²) in [4.78, 5) is 17.0. The fourth-order valence-electron chi connectivity index (χ4n) is 3.03. The molecule has 1 aliphatic rings. The lowest BCUT2D eigenvalue weighted by molar-refractivity contribution is 0.102. The van der Waals surface area contributed by atoms with Gasteiger partial charge in [0.05, 0.1) is 17.3 Å². The molecule has 4 rings (SSSR count). The number of anilines is 1. The Hall–Kier alpha value is -2.41. The topological polar surface area (TPSA) is 69.0 Å². The first-order valence-electron chi connectivity index (χ1n) is 7.46. The lowest BCUT2D eigenvalue weighted by Crippen LogP contribution is -2.14. The second-order valence-electron chi connectivity index (χ2n) is 5.56. The predicted octanol–water partition coefficient (Wildman–Crippen LogP) is 2.78. The first kappa shape index (κ1) is 14.2. The van der Waals surface area contributed by atoms with Gasteiger partial charge in [0.25, 0.3) is 5.91 Å². The summed E-state index contributed by atoms with van der Waals surface area (Å²) in [5.41, 5.74) is 3.62. The Morgan fingerprint density at radius 1 is 1.39 bits per heavy atom. The van der Waals surface area contributed by atoms with E-state index in [1.807, 2.05) is 29.9 Å². The van der Waals surface area contributed by atoms with E-state index in [1.54, 1.807) is 7.11 Å². The van der Waals surface area contributed by atoms with E-state index >= 15 is 0 Å². The number of methoxy groups -OCH3 is 1. The average Bonchev–Trinajstić information content (AvgIpc) is 3.22. The van der Waals surface area contributed by atoms with Crippen LogP contribution < -0.4 is 10.1 Å². The molecule has 0 radical (unpaired) electrons. The fourth-order valence-corrected chi connectivity index (χ4v) is 3.92. The third kappa shape index (κ3) is 2.37. The number of fused-ring (bicyclic) bond motifs is 2. The van der Waals surface area contributed by atoms with Crippen LogP contribution in [0.1, 0.15) is 28.2 Å². The van der Waals surface area contributed by atoms with Crippen LogP contribution in [0.15, 0.2) is 18.2 Å². The number of nitrogens with zero attached hydrogens (tertiary/aromatic N) is 3. The number of rotatable bonds is 3. The highest BCUT2D eigenvalue weighted by Gasteiger charge is 2.25. The number of carbonyl (C=O) groups excluding carboxylic acids is 1. The number of benzene rings is 1. The number of hydrogen-bond acceptors (Lipinski definition) is 5. The third-order valence-corrected chi connectivity index (χ3v) is 5.08. The molecular formula is C16H16N4O2S. The number of amides is 1. The number of aryl methyl sites for hydroxylation is 1. The standard InChI is InChI=1S/C16H16N4O2S/c1-20-12-5-3-4-10(12)14(19-20)15(21)18-16-17-11-7-6-9(22-2)8-13(11)23-16/h6-8H,3-5H2,1-2H3,(H,17,18,21). The largest absolute Gasteiger partial charge is 0.497 e. The maximum absolute atomic E-state index is 12.5. The van der Waals surface area contributed by atoms with Crippen molar-refractivity contribution in [1.29, 1.82) is 0 Å². The summed E-state index contributed by atoms with van der Waals surface area (Å²) in [6.07, 6.45) is 3.00. The molecule has 2 heterocycles. The van der Waals surface area contributed by atoms with E-state index in [9.17, 15) is 4.79 Å². The molecular weight excluding hydrogens is 312 g/mol. The van der Waals surface area contributed by atoms with Gasteiger partial charge in [-0.15, -0.1) is 0 Å². The molecule has 6 nitrogen and oxygen atoms in total. The Balaban J connectivity index is 1.63. The van der Waals surface area contributed by atoms with E-state index in [2.05, 4.69) is 15.4 Å². The van der Waals surface area contributed by atoms with E-state index in [0.717, 1.165) is 40.8 Å². The summed E-state index contributed by atoms with van der Waals surface area (Å²) in [7, 11) is 3.53. The molecule has 118 valence electrons. The Kier molecular flexibility index (Phi) is 3.30. The highest BCUT2D eigenvalue weighted by molar-refractivity contribution is 7.22. The quantitative estimate of drug-likeness (QED) is 0.803. The molecule has 0 bridgehead atoms. The normalized spacial score (nSPS) is 13.3. The Bertz CT molecular complexity index is 912. The van der Waals surface area contributed by atoms with Crippen LogP contribution in [-0.4, -0.2) is 27.8 Å². The van der Waals surface area contributed by atoms with Crippen molar-refractivity contribution in [3.8, 4) is 5.75 Å². The van der Waals surface area contributed by atoms with Gasteiger partial charge in [-0.05, 0) is 37.5 Å². The molecule has 23 heavy (non-hydrogen) atoms. The van der Waals surface area contributed by atoms with Crippen LogP contribution >= 0.6 is 11.3 Å².